The molecule has 7 heteroatoms. The Kier molecular flexibility index (Phi) is 7.86. The Morgan fingerprint density at radius 3 is 2.48 bits per heavy atom. The van der Waals surface area contributed by atoms with E-state index in [0.717, 1.165) is 24.8 Å². The fraction of sp³-hybridized carbons (Fsp3) is 0.591. The highest BCUT2D eigenvalue weighted by atomic mass is 32.2. The largest absolute Gasteiger partial charge is 0.354 e. The molecule has 29 heavy (non-hydrogen) atoms. The molecule has 1 aromatic rings. The van der Waals surface area contributed by atoms with Crippen molar-refractivity contribution >= 4 is 15.9 Å². The highest BCUT2D eigenvalue weighted by molar-refractivity contribution is 7.88. The number of piperazine rings is 1. The molecule has 3 rings (SSSR count). The first-order chi connectivity index (χ1) is 14.0. The van der Waals surface area contributed by atoms with Crippen LogP contribution in [0.5, 0.6) is 0 Å². The lowest BCUT2D eigenvalue weighted by molar-refractivity contribution is -0.126. The normalized spacial score (nSPS) is 20.1. The molecule has 2 aliphatic rings. The number of hydrogen-bond acceptors (Lipinski definition) is 4. The van der Waals surface area contributed by atoms with Gasteiger partial charge in [0.2, 0.25) is 15.9 Å². The summed E-state index contributed by atoms with van der Waals surface area (Å²) in [5.41, 5.74) is 2.26. The summed E-state index contributed by atoms with van der Waals surface area (Å²) < 4.78 is 26.9. The van der Waals surface area contributed by atoms with Crippen LogP contribution in [0.4, 0.5) is 0 Å². The Labute approximate surface area is 175 Å². The van der Waals surface area contributed by atoms with Crippen molar-refractivity contribution in [3.8, 4) is 0 Å². The molecule has 1 saturated heterocycles. The SMILES string of the molecule is C[C@@H](C(=O)NCCC1=CCCCC1)N1CCN(S(=O)(=O)Cc2ccccc2)CC1. The molecule has 1 aromatic carbocycles. The van der Waals surface area contributed by atoms with E-state index in [1.807, 2.05) is 37.3 Å². The topological polar surface area (TPSA) is 69.7 Å². The molecule has 1 aliphatic heterocycles. The number of rotatable bonds is 8. The number of nitrogens with zero attached hydrogens (tertiary/aromatic N) is 2. The van der Waals surface area contributed by atoms with Gasteiger partial charge in [0, 0.05) is 32.7 Å². The van der Waals surface area contributed by atoms with Crippen LogP contribution in [0.15, 0.2) is 42.0 Å². The fourth-order valence-corrected chi connectivity index (χ4v) is 5.55. The minimum absolute atomic E-state index is 0.0275. The van der Waals surface area contributed by atoms with Gasteiger partial charge in [-0.15, -0.1) is 0 Å². The van der Waals surface area contributed by atoms with Crippen LogP contribution in [0.3, 0.4) is 0 Å². The second-order valence-electron chi connectivity index (χ2n) is 8.00. The first kappa shape index (κ1) is 22.0. The maximum Gasteiger partial charge on any atom is 0.237 e. The van der Waals surface area contributed by atoms with Crippen molar-refractivity contribution < 1.29 is 13.2 Å². The number of carbonyl (C=O) groups excluding carboxylic acids is 1. The third-order valence-electron chi connectivity index (χ3n) is 5.92. The zero-order chi connectivity index (χ0) is 20.7. The van der Waals surface area contributed by atoms with Crippen LogP contribution in [0.2, 0.25) is 0 Å². The van der Waals surface area contributed by atoms with Gasteiger partial charge in [0.05, 0.1) is 11.8 Å². The summed E-state index contributed by atoms with van der Waals surface area (Å²) in [6, 6.07) is 9.02. The Bertz CT molecular complexity index is 800. The highest BCUT2D eigenvalue weighted by Gasteiger charge is 2.30. The molecule has 1 aliphatic carbocycles. The molecule has 1 heterocycles. The van der Waals surface area contributed by atoms with Crippen LogP contribution in [0.1, 0.15) is 44.6 Å². The monoisotopic (exact) mass is 419 g/mol. The van der Waals surface area contributed by atoms with E-state index in [4.69, 9.17) is 0 Å². The number of allylic oxidation sites excluding steroid dienone is 1. The lowest BCUT2D eigenvalue weighted by atomic mass is 9.97. The summed E-state index contributed by atoms with van der Waals surface area (Å²) in [6.45, 7) is 4.60. The molecule has 1 amide bonds. The zero-order valence-corrected chi connectivity index (χ0v) is 18.2. The molecule has 0 radical (unpaired) electrons. The van der Waals surface area contributed by atoms with E-state index in [2.05, 4.69) is 16.3 Å². The summed E-state index contributed by atoms with van der Waals surface area (Å²) in [6.07, 6.45) is 8.10. The van der Waals surface area contributed by atoms with Crippen molar-refractivity contribution in [3.05, 3.63) is 47.5 Å². The van der Waals surface area contributed by atoms with Crippen molar-refractivity contribution in [2.24, 2.45) is 0 Å². The van der Waals surface area contributed by atoms with Gasteiger partial charge in [-0.05, 0) is 44.6 Å². The predicted molar refractivity (Wildman–Crippen MR) is 116 cm³/mol. The molecule has 0 bridgehead atoms. The van der Waals surface area contributed by atoms with Gasteiger partial charge < -0.3 is 5.32 Å². The molecule has 1 atom stereocenters. The second kappa shape index (κ2) is 10.4. The highest BCUT2D eigenvalue weighted by Crippen LogP contribution is 2.19. The number of amides is 1. The molecular weight excluding hydrogens is 386 g/mol. The van der Waals surface area contributed by atoms with E-state index in [0.29, 0.717) is 32.7 Å². The van der Waals surface area contributed by atoms with Crippen LogP contribution in [0.25, 0.3) is 0 Å². The summed E-state index contributed by atoms with van der Waals surface area (Å²) in [5, 5.41) is 3.05. The summed E-state index contributed by atoms with van der Waals surface area (Å²) in [4.78, 5) is 14.6. The fourth-order valence-electron chi connectivity index (χ4n) is 4.04. The number of sulfonamides is 1. The van der Waals surface area contributed by atoms with Gasteiger partial charge in [0.25, 0.3) is 0 Å². The molecule has 0 spiro atoms. The average Bonchev–Trinajstić information content (AvgIpc) is 2.74. The Morgan fingerprint density at radius 1 is 1.10 bits per heavy atom. The predicted octanol–water partition coefficient (Wildman–Crippen LogP) is 2.53. The van der Waals surface area contributed by atoms with Crippen molar-refractivity contribution in [2.45, 2.75) is 50.8 Å². The van der Waals surface area contributed by atoms with Gasteiger partial charge >= 0.3 is 0 Å². The molecule has 0 saturated carbocycles. The van der Waals surface area contributed by atoms with Crippen LogP contribution in [0, 0.1) is 0 Å². The van der Waals surface area contributed by atoms with Gasteiger partial charge in [-0.25, -0.2) is 8.42 Å². The van der Waals surface area contributed by atoms with Crippen LogP contribution in [-0.2, 0) is 20.6 Å². The van der Waals surface area contributed by atoms with Gasteiger partial charge in [-0.1, -0.05) is 42.0 Å². The minimum Gasteiger partial charge on any atom is -0.354 e. The summed E-state index contributed by atoms with van der Waals surface area (Å²) in [5.74, 6) is 0.0571. The quantitative estimate of drug-likeness (QED) is 0.658. The second-order valence-corrected chi connectivity index (χ2v) is 9.97. The minimum atomic E-state index is -3.33. The first-order valence-electron chi connectivity index (χ1n) is 10.7. The number of carbonyl (C=O) groups is 1. The third-order valence-corrected chi connectivity index (χ3v) is 7.77. The lowest BCUT2D eigenvalue weighted by Crippen LogP contribution is -2.55. The van der Waals surface area contributed by atoms with Crippen molar-refractivity contribution in [2.75, 3.05) is 32.7 Å². The van der Waals surface area contributed by atoms with E-state index < -0.39 is 10.0 Å². The van der Waals surface area contributed by atoms with E-state index in [9.17, 15) is 13.2 Å². The van der Waals surface area contributed by atoms with Crippen molar-refractivity contribution in [1.82, 2.24) is 14.5 Å². The van der Waals surface area contributed by atoms with Crippen LogP contribution >= 0.6 is 0 Å². The van der Waals surface area contributed by atoms with Crippen LogP contribution in [-0.4, -0.2) is 62.3 Å². The van der Waals surface area contributed by atoms with Crippen molar-refractivity contribution in [1.29, 1.82) is 0 Å². The van der Waals surface area contributed by atoms with Crippen molar-refractivity contribution in [3.63, 3.8) is 0 Å². The Balaban J connectivity index is 1.43. The van der Waals surface area contributed by atoms with Gasteiger partial charge in [0.15, 0.2) is 0 Å². The van der Waals surface area contributed by atoms with Gasteiger partial charge in [-0.3, -0.25) is 9.69 Å². The van der Waals surface area contributed by atoms with Gasteiger partial charge in [0.1, 0.15) is 0 Å². The number of benzene rings is 1. The van der Waals surface area contributed by atoms with E-state index in [-0.39, 0.29) is 17.7 Å². The zero-order valence-electron chi connectivity index (χ0n) is 17.3. The molecule has 1 fully saturated rings. The summed E-state index contributed by atoms with van der Waals surface area (Å²) in [7, 11) is -3.33. The maximum absolute atomic E-state index is 12.7. The Morgan fingerprint density at radius 2 is 1.83 bits per heavy atom. The molecule has 0 unspecified atom stereocenters. The van der Waals surface area contributed by atoms with E-state index in [1.54, 1.807) is 4.31 Å². The third kappa shape index (κ3) is 6.39. The molecule has 0 aromatic heterocycles. The van der Waals surface area contributed by atoms with E-state index >= 15 is 0 Å². The molecule has 6 nitrogen and oxygen atoms in total. The number of hydrogen-bond donors (Lipinski definition) is 1. The standard InChI is InChI=1S/C22H33N3O3S/c1-19(22(26)23-13-12-20-8-4-2-5-9-20)24-14-16-25(17-15-24)29(27,28)18-21-10-6-3-7-11-21/h3,6-8,10-11,19H,2,4-5,9,12-18H2,1H3,(H,23,26)/t19-/m0/s1. The summed E-state index contributed by atoms with van der Waals surface area (Å²) >= 11 is 0. The molecule has 1 N–H and O–H groups in total. The van der Waals surface area contributed by atoms with E-state index in [1.165, 1.54) is 18.4 Å². The maximum atomic E-state index is 12.7. The molecular formula is C22H33N3O3S. The Hall–Kier alpha value is -1.70. The first-order valence-corrected chi connectivity index (χ1v) is 12.3. The smallest absolute Gasteiger partial charge is 0.237 e. The van der Waals surface area contributed by atoms with Crippen LogP contribution < -0.4 is 5.32 Å². The molecule has 160 valence electrons. The lowest BCUT2D eigenvalue weighted by Gasteiger charge is -2.36. The average molecular weight is 420 g/mol. The van der Waals surface area contributed by atoms with Gasteiger partial charge in [-0.2, -0.15) is 4.31 Å². The number of nitrogens with one attached hydrogen (secondary N) is 1.